The molecule has 2 heterocycles. The van der Waals surface area contributed by atoms with Gasteiger partial charge in [0.2, 0.25) is 0 Å². The average Bonchev–Trinajstić information content (AvgIpc) is 3.06. The number of rotatable bonds is 17. The maximum Gasteiger partial charge on any atom is 0.319 e. The number of hydrogen-bond acceptors (Lipinski definition) is 8. The molecule has 12 nitrogen and oxygen atoms in total. The minimum absolute atomic E-state index is 0. The van der Waals surface area contributed by atoms with Crippen LogP contribution in [0, 0.1) is 0 Å². The zero-order valence-electron chi connectivity index (χ0n) is 27.1. The zero-order valence-corrected chi connectivity index (χ0v) is 27.9. The van der Waals surface area contributed by atoms with Gasteiger partial charge in [-0.25, -0.2) is 9.59 Å². The van der Waals surface area contributed by atoms with Crippen LogP contribution in [-0.4, -0.2) is 85.4 Å². The number of carbonyl (C=O) groups is 2. The normalized spacial score (nSPS) is 17.1. The van der Waals surface area contributed by atoms with Gasteiger partial charge in [-0.1, -0.05) is 75.6 Å². The second kappa shape index (κ2) is 21.1. The Kier molecular flexibility index (Phi) is 16.9. The Morgan fingerprint density at radius 2 is 1.02 bits per heavy atom. The Morgan fingerprint density at radius 3 is 1.38 bits per heavy atom. The van der Waals surface area contributed by atoms with E-state index in [-0.39, 0.29) is 24.5 Å². The van der Waals surface area contributed by atoms with E-state index in [9.17, 15) is 19.8 Å². The zero-order chi connectivity index (χ0) is 32.4. The van der Waals surface area contributed by atoms with Gasteiger partial charge in [-0.2, -0.15) is 0 Å². The Labute approximate surface area is 284 Å². The molecule has 0 saturated carbocycles. The minimum atomic E-state index is -0.459. The van der Waals surface area contributed by atoms with Gasteiger partial charge in [0.25, 0.3) is 0 Å². The number of benzene rings is 2. The number of aliphatic hydroxyl groups excluding tert-OH is 2. The molecule has 2 aromatic rings. The molecule has 0 saturated heterocycles. The van der Waals surface area contributed by atoms with Crippen molar-refractivity contribution in [3.05, 3.63) is 59.7 Å². The first kappa shape index (κ1) is 37.6. The molecule has 0 aromatic heterocycles. The van der Waals surface area contributed by atoms with Crippen LogP contribution in [0.1, 0.15) is 75.3 Å². The number of halogens is 1. The molecule has 2 aliphatic rings. The molecule has 2 aromatic carbocycles. The lowest BCUT2D eigenvalue weighted by Crippen LogP contribution is -2.39. The molecule has 2 aliphatic heterocycles. The van der Waals surface area contributed by atoms with Crippen molar-refractivity contribution in [2.75, 3.05) is 49.9 Å². The maximum atomic E-state index is 12.3. The summed E-state index contributed by atoms with van der Waals surface area (Å²) in [5.41, 5.74) is 3.18. The Balaban J connectivity index is 0.00000600. The summed E-state index contributed by atoms with van der Waals surface area (Å²) in [6.07, 6.45) is 10.4. The molecule has 47 heavy (non-hydrogen) atoms. The summed E-state index contributed by atoms with van der Waals surface area (Å²) in [5.74, 6) is 1.46. The molecule has 0 spiro atoms. The number of carbonyl (C=O) groups excluding carboxylic acids is 2. The predicted octanol–water partition coefficient (Wildman–Crippen LogP) is 4.37. The second-order valence-corrected chi connectivity index (χ2v) is 11.9. The number of amides is 4. The number of aliphatic imine (C=N–C) groups is 2. The van der Waals surface area contributed by atoms with Crippen molar-refractivity contribution in [2.24, 2.45) is 9.98 Å². The van der Waals surface area contributed by atoms with E-state index in [4.69, 9.17) is 0 Å². The van der Waals surface area contributed by atoms with Crippen LogP contribution in [-0.2, 0) is 0 Å². The van der Waals surface area contributed by atoms with Crippen molar-refractivity contribution < 1.29 is 19.8 Å². The molecule has 4 rings (SSSR count). The van der Waals surface area contributed by atoms with Crippen LogP contribution >= 0.6 is 12.4 Å². The van der Waals surface area contributed by atoms with E-state index < -0.39 is 12.2 Å². The molecule has 0 bridgehead atoms. The van der Waals surface area contributed by atoms with Crippen LogP contribution in [0.25, 0.3) is 0 Å². The standard InChI is InChI=1S/C34H50N8O4.ClH/c43-29-21-37-31(38-22-29)25-13-11-15-27(19-25)41-33(45)35-17-9-7-5-3-1-2-4-6-8-10-18-36-34(46)42-28-16-12-14-26(20-28)32-39-23-30(44)24-40-32;/h11-16,19-20,29-30,43-44H,1-10,17-18,21-24H2,(H,37,38)(H,39,40)(H2,35,41,45)(H2,36,42,46);1H. The third-order valence-electron chi connectivity index (χ3n) is 7.89. The lowest BCUT2D eigenvalue weighted by Gasteiger charge is -2.19. The van der Waals surface area contributed by atoms with Crippen LogP contribution < -0.4 is 31.9 Å². The summed E-state index contributed by atoms with van der Waals surface area (Å²) >= 11 is 0. The first-order valence-corrected chi connectivity index (χ1v) is 16.7. The van der Waals surface area contributed by atoms with Crippen molar-refractivity contribution in [1.29, 1.82) is 0 Å². The molecule has 258 valence electrons. The number of aliphatic hydroxyl groups is 2. The van der Waals surface area contributed by atoms with E-state index in [1.807, 2.05) is 48.5 Å². The quantitative estimate of drug-likeness (QED) is 0.116. The van der Waals surface area contributed by atoms with Crippen LogP contribution in [0.3, 0.4) is 0 Å². The van der Waals surface area contributed by atoms with Gasteiger partial charge in [0.05, 0.1) is 25.3 Å². The summed E-state index contributed by atoms with van der Waals surface area (Å²) in [5, 5.41) is 37.0. The summed E-state index contributed by atoms with van der Waals surface area (Å²) in [6, 6.07) is 14.6. The van der Waals surface area contributed by atoms with Crippen LogP contribution in [0.2, 0.25) is 0 Å². The molecule has 2 atom stereocenters. The monoisotopic (exact) mass is 670 g/mol. The van der Waals surface area contributed by atoms with Gasteiger partial charge in [0.1, 0.15) is 11.7 Å². The van der Waals surface area contributed by atoms with Gasteiger partial charge in [-0.05, 0) is 37.1 Å². The van der Waals surface area contributed by atoms with Gasteiger partial charge in [0.15, 0.2) is 0 Å². The van der Waals surface area contributed by atoms with E-state index in [0.717, 1.165) is 48.5 Å². The smallest absolute Gasteiger partial charge is 0.319 e. The molecule has 0 radical (unpaired) electrons. The Morgan fingerprint density at radius 1 is 0.638 bits per heavy atom. The van der Waals surface area contributed by atoms with Crippen LogP contribution in [0.4, 0.5) is 21.0 Å². The fraction of sp³-hybridized carbons (Fsp3) is 0.529. The van der Waals surface area contributed by atoms with Gasteiger partial charge in [-0.3, -0.25) is 9.98 Å². The van der Waals surface area contributed by atoms with Gasteiger partial charge >= 0.3 is 12.1 Å². The molecule has 8 N–H and O–H groups in total. The SMILES string of the molecule is Cl.O=C(NCCCCCCCCCCCCNC(=O)Nc1cccc(C2=NCC(O)CN2)c1)Nc1cccc(C2=NCC(O)CN2)c1. The molecule has 0 fully saturated rings. The first-order chi connectivity index (χ1) is 22.5. The maximum absolute atomic E-state index is 12.3. The number of nitrogens with one attached hydrogen (secondary N) is 6. The van der Waals surface area contributed by atoms with E-state index >= 15 is 0 Å². The number of nitrogens with zero attached hydrogens (tertiary/aromatic N) is 2. The highest BCUT2D eigenvalue weighted by molar-refractivity contribution is 6.01. The first-order valence-electron chi connectivity index (χ1n) is 16.7. The molecule has 4 amide bonds. The van der Waals surface area contributed by atoms with Crippen molar-refractivity contribution in [3.63, 3.8) is 0 Å². The third-order valence-corrected chi connectivity index (χ3v) is 7.89. The van der Waals surface area contributed by atoms with Gasteiger partial charge in [-0.15, -0.1) is 12.4 Å². The van der Waals surface area contributed by atoms with Crippen molar-refractivity contribution in [2.45, 2.75) is 76.4 Å². The number of unbranched alkanes of at least 4 members (excludes halogenated alkanes) is 9. The highest BCUT2D eigenvalue weighted by Crippen LogP contribution is 2.14. The third kappa shape index (κ3) is 14.2. The highest BCUT2D eigenvalue weighted by Gasteiger charge is 2.15. The lowest BCUT2D eigenvalue weighted by molar-refractivity contribution is 0.181. The fourth-order valence-electron chi connectivity index (χ4n) is 5.36. The number of anilines is 2. The summed E-state index contributed by atoms with van der Waals surface area (Å²) in [6.45, 7) is 3.00. The van der Waals surface area contributed by atoms with Gasteiger partial charge < -0.3 is 42.1 Å². The number of amidine groups is 2. The molecule has 2 unspecified atom stereocenters. The Bertz CT molecular complexity index is 1230. The van der Waals surface area contributed by atoms with Crippen LogP contribution in [0.5, 0.6) is 0 Å². The van der Waals surface area contributed by atoms with Crippen molar-refractivity contribution >= 4 is 47.5 Å². The number of urea groups is 2. The summed E-state index contributed by atoms with van der Waals surface area (Å²) in [4.78, 5) is 33.3. The average molecular weight is 671 g/mol. The van der Waals surface area contributed by atoms with E-state index in [1.54, 1.807) is 0 Å². The molecule has 0 aliphatic carbocycles. The summed E-state index contributed by atoms with van der Waals surface area (Å²) in [7, 11) is 0. The minimum Gasteiger partial charge on any atom is -0.389 e. The molecular formula is C34H51ClN8O4. The van der Waals surface area contributed by atoms with Crippen molar-refractivity contribution in [1.82, 2.24) is 21.3 Å². The second-order valence-electron chi connectivity index (χ2n) is 11.9. The number of β-amino-alcohol motifs (C(OH)–C–C–N with tert-alkyl or cyclic N) is 2. The molecule has 13 heteroatoms. The fourth-order valence-corrected chi connectivity index (χ4v) is 5.36. The van der Waals surface area contributed by atoms with Crippen LogP contribution in [0.15, 0.2) is 58.5 Å². The van der Waals surface area contributed by atoms with E-state index in [0.29, 0.717) is 50.6 Å². The summed E-state index contributed by atoms with van der Waals surface area (Å²) < 4.78 is 0. The molecular weight excluding hydrogens is 620 g/mol. The largest absolute Gasteiger partial charge is 0.389 e. The highest BCUT2D eigenvalue weighted by atomic mass is 35.5. The van der Waals surface area contributed by atoms with E-state index in [1.165, 1.54) is 38.5 Å². The Hall–Kier alpha value is -3.87. The van der Waals surface area contributed by atoms with Gasteiger partial charge in [0, 0.05) is 48.7 Å². The number of hydrogen-bond donors (Lipinski definition) is 8. The topological polar surface area (TPSA) is 172 Å². The predicted molar refractivity (Wildman–Crippen MR) is 191 cm³/mol. The van der Waals surface area contributed by atoms with E-state index in [2.05, 4.69) is 41.9 Å². The lowest BCUT2D eigenvalue weighted by atomic mass is 10.1. The van der Waals surface area contributed by atoms with Crippen molar-refractivity contribution in [3.8, 4) is 0 Å².